The molecule has 1 aliphatic rings. The maximum atomic E-state index is 11.1. The second kappa shape index (κ2) is 5.44. The van der Waals surface area contributed by atoms with Crippen LogP contribution >= 0.6 is 11.3 Å². The highest BCUT2D eigenvalue weighted by Gasteiger charge is 2.21. The number of aromatic carboxylic acids is 1. The van der Waals surface area contributed by atoms with Gasteiger partial charge in [0.05, 0.1) is 25.5 Å². The number of methoxy groups -OCH3 is 1. The van der Waals surface area contributed by atoms with E-state index in [0.717, 1.165) is 18.2 Å². The van der Waals surface area contributed by atoms with Crippen molar-refractivity contribution in [3.05, 3.63) is 10.6 Å². The number of morpholine rings is 1. The molecule has 0 unspecified atom stereocenters. The number of hydrogen-bond donors (Lipinski definition) is 1. The van der Waals surface area contributed by atoms with Crippen LogP contribution in [0, 0.1) is 0 Å². The van der Waals surface area contributed by atoms with E-state index in [9.17, 15) is 4.79 Å². The van der Waals surface area contributed by atoms with Gasteiger partial charge in [-0.3, -0.25) is 0 Å². The second-order valence-corrected chi connectivity index (χ2v) is 4.59. The highest BCUT2D eigenvalue weighted by Crippen LogP contribution is 2.27. The number of ether oxygens (including phenoxy) is 2. The topological polar surface area (TPSA) is 71.9 Å². The van der Waals surface area contributed by atoms with Gasteiger partial charge < -0.3 is 19.5 Å². The van der Waals surface area contributed by atoms with Gasteiger partial charge in [-0.05, 0) is 0 Å². The van der Waals surface area contributed by atoms with Crippen molar-refractivity contribution in [2.45, 2.75) is 6.61 Å². The van der Waals surface area contributed by atoms with Crippen molar-refractivity contribution >= 4 is 22.4 Å². The zero-order valence-corrected chi connectivity index (χ0v) is 10.3. The number of thiazole rings is 1. The van der Waals surface area contributed by atoms with Crippen molar-refractivity contribution in [2.75, 3.05) is 38.3 Å². The van der Waals surface area contributed by atoms with Gasteiger partial charge in [0, 0.05) is 20.2 Å². The molecule has 94 valence electrons. The lowest BCUT2D eigenvalue weighted by Crippen LogP contribution is -2.36. The summed E-state index contributed by atoms with van der Waals surface area (Å²) in [5.41, 5.74) is 0.492. The van der Waals surface area contributed by atoms with Crippen LogP contribution in [0.2, 0.25) is 0 Å². The summed E-state index contributed by atoms with van der Waals surface area (Å²) in [5.74, 6) is -0.950. The zero-order chi connectivity index (χ0) is 12.3. The Labute approximate surface area is 103 Å². The van der Waals surface area contributed by atoms with E-state index < -0.39 is 5.97 Å². The summed E-state index contributed by atoms with van der Waals surface area (Å²) in [6.07, 6.45) is 0. The maximum Gasteiger partial charge on any atom is 0.347 e. The minimum Gasteiger partial charge on any atom is -0.477 e. The van der Waals surface area contributed by atoms with Crippen LogP contribution in [0.15, 0.2) is 0 Å². The highest BCUT2D eigenvalue weighted by atomic mass is 32.1. The Morgan fingerprint density at radius 1 is 1.59 bits per heavy atom. The first-order chi connectivity index (χ1) is 8.22. The third-order valence-electron chi connectivity index (χ3n) is 2.44. The Morgan fingerprint density at radius 3 is 2.88 bits per heavy atom. The molecule has 1 fully saturated rings. The maximum absolute atomic E-state index is 11.1. The third-order valence-corrected chi connectivity index (χ3v) is 3.59. The van der Waals surface area contributed by atoms with Crippen molar-refractivity contribution < 1.29 is 19.4 Å². The monoisotopic (exact) mass is 258 g/mol. The molecule has 2 heterocycles. The minimum absolute atomic E-state index is 0.225. The highest BCUT2D eigenvalue weighted by molar-refractivity contribution is 7.17. The summed E-state index contributed by atoms with van der Waals surface area (Å²) < 4.78 is 10.2. The average Bonchev–Trinajstić information content (AvgIpc) is 2.75. The molecule has 6 nitrogen and oxygen atoms in total. The van der Waals surface area contributed by atoms with E-state index in [-0.39, 0.29) is 11.5 Å². The molecule has 1 N–H and O–H groups in total. The molecule has 1 saturated heterocycles. The van der Waals surface area contributed by atoms with E-state index >= 15 is 0 Å². The molecular formula is C10H14N2O4S. The van der Waals surface area contributed by atoms with Gasteiger partial charge in [-0.25, -0.2) is 9.78 Å². The molecule has 0 saturated carbocycles. The normalized spacial score (nSPS) is 16.2. The lowest BCUT2D eigenvalue weighted by molar-refractivity contribution is 0.0697. The number of rotatable bonds is 4. The average molecular weight is 258 g/mol. The first kappa shape index (κ1) is 12.3. The third kappa shape index (κ3) is 2.74. The number of carboxylic acid groups (broad SMARTS) is 1. The molecule has 0 aliphatic carbocycles. The quantitative estimate of drug-likeness (QED) is 0.862. The van der Waals surface area contributed by atoms with E-state index in [1.54, 1.807) is 0 Å². The van der Waals surface area contributed by atoms with Gasteiger partial charge in [0.2, 0.25) is 0 Å². The van der Waals surface area contributed by atoms with Crippen LogP contribution in [0.1, 0.15) is 15.4 Å². The summed E-state index contributed by atoms with van der Waals surface area (Å²) in [5, 5.41) is 9.81. The molecule has 0 radical (unpaired) electrons. The minimum atomic E-state index is -0.950. The lowest BCUT2D eigenvalue weighted by atomic mass is 10.4. The number of carbonyl (C=O) groups is 1. The van der Waals surface area contributed by atoms with Crippen LogP contribution in [0.5, 0.6) is 0 Å². The van der Waals surface area contributed by atoms with Gasteiger partial charge in [0.25, 0.3) is 0 Å². The molecule has 0 bridgehead atoms. The fourth-order valence-electron chi connectivity index (χ4n) is 1.63. The molecule has 0 amide bonds. The van der Waals surface area contributed by atoms with Crippen LogP contribution < -0.4 is 4.90 Å². The predicted molar refractivity (Wildman–Crippen MR) is 62.8 cm³/mol. The smallest absolute Gasteiger partial charge is 0.347 e. The van der Waals surface area contributed by atoms with E-state index in [0.29, 0.717) is 18.9 Å². The number of anilines is 1. The molecule has 0 spiro atoms. The summed E-state index contributed by atoms with van der Waals surface area (Å²) in [7, 11) is 1.53. The summed E-state index contributed by atoms with van der Waals surface area (Å²) in [6, 6.07) is 0. The molecule has 1 aromatic rings. The molecule has 7 heteroatoms. The molecule has 2 rings (SSSR count). The van der Waals surface area contributed by atoms with Gasteiger partial charge in [0.1, 0.15) is 4.88 Å². The van der Waals surface area contributed by atoms with Crippen LogP contribution in [0.4, 0.5) is 5.13 Å². The van der Waals surface area contributed by atoms with Crippen molar-refractivity contribution in [2.24, 2.45) is 0 Å². The molecular weight excluding hydrogens is 244 g/mol. The standard InChI is InChI=1S/C10H14N2O4S/c1-15-6-7-8(9(13)14)17-10(11-7)12-2-4-16-5-3-12/h2-6H2,1H3,(H,13,14). The van der Waals surface area contributed by atoms with Gasteiger partial charge >= 0.3 is 5.97 Å². The van der Waals surface area contributed by atoms with E-state index in [2.05, 4.69) is 4.98 Å². The number of aromatic nitrogens is 1. The summed E-state index contributed by atoms with van der Waals surface area (Å²) in [4.78, 5) is 17.7. The number of nitrogens with zero attached hydrogens (tertiary/aromatic N) is 2. The Balaban J connectivity index is 2.22. The Bertz CT molecular complexity index is 401. The van der Waals surface area contributed by atoms with E-state index in [1.807, 2.05) is 4.90 Å². The summed E-state index contributed by atoms with van der Waals surface area (Å²) in [6.45, 7) is 3.03. The van der Waals surface area contributed by atoms with Crippen LogP contribution in [0.3, 0.4) is 0 Å². The van der Waals surface area contributed by atoms with Gasteiger partial charge in [-0.1, -0.05) is 11.3 Å². The molecule has 0 aromatic carbocycles. The lowest BCUT2D eigenvalue weighted by Gasteiger charge is -2.25. The van der Waals surface area contributed by atoms with Crippen molar-refractivity contribution in [1.29, 1.82) is 0 Å². The van der Waals surface area contributed by atoms with Crippen LogP contribution in [-0.2, 0) is 16.1 Å². The Hall–Kier alpha value is -1.18. The Morgan fingerprint density at radius 2 is 2.29 bits per heavy atom. The first-order valence-corrected chi connectivity index (χ1v) is 6.08. The Kier molecular flexibility index (Phi) is 3.93. The molecule has 1 aliphatic heterocycles. The number of hydrogen-bond acceptors (Lipinski definition) is 6. The van der Waals surface area contributed by atoms with Gasteiger partial charge in [0.15, 0.2) is 5.13 Å². The van der Waals surface area contributed by atoms with Crippen molar-refractivity contribution in [3.8, 4) is 0 Å². The van der Waals surface area contributed by atoms with Gasteiger partial charge in [-0.2, -0.15) is 0 Å². The SMILES string of the molecule is COCc1nc(N2CCOCC2)sc1C(=O)O. The van der Waals surface area contributed by atoms with Crippen molar-refractivity contribution in [1.82, 2.24) is 4.98 Å². The van der Waals surface area contributed by atoms with E-state index in [4.69, 9.17) is 14.6 Å². The van der Waals surface area contributed by atoms with E-state index in [1.165, 1.54) is 18.4 Å². The predicted octanol–water partition coefficient (Wildman–Crippen LogP) is 0.824. The number of carboxylic acids is 1. The first-order valence-electron chi connectivity index (χ1n) is 5.27. The molecule has 0 atom stereocenters. The largest absolute Gasteiger partial charge is 0.477 e. The fourth-order valence-corrected chi connectivity index (χ4v) is 2.59. The molecule has 1 aromatic heterocycles. The van der Waals surface area contributed by atoms with Crippen LogP contribution in [-0.4, -0.2) is 49.5 Å². The fraction of sp³-hybridized carbons (Fsp3) is 0.600. The zero-order valence-electron chi connectivity index (χ0n) is 9.51. The van der Waals surface area contributed by atoms with Crippen molar-refractivity contribution in [3.63, 3.8) is 0 Å². The van der Waals surface area contributed by atoms with Crippen LogP contribution in [0.25, 0.3) is 0 Å². The second-order valence-electron chi connectivity index (χ2n) is 3.61. The summed E-state index contributed by atoms with van der Waals surface area (Å²) >= 11 is 1.19. The van der Waals surface area contributed by atoms with Gasteiger partial charge in [-0.15, -0.1) is 0 Å². The molecule has 17 heavy (non-hydrogen) atoms.